The summed E-state index contributed by atoms with van der Waals surface area (Å²) in [5.41, 5.74) is 1.24. The average molecular weight is 289 g/mol. The normalized spacial score (nSPS) is 11.0. The van der Waals surface area contributed by atoms with Crippen LogP contribution >= 0.6 is 0 Å². The topological polar surface area (TPSA) is 60.2 Å². The van der Waals surface area contributed by atoms with Crippen LogP contribution in [0.15, 0.2) is 28.8 Å². The maximum Gasteiger partial charge on any atom is 0.226 e. The summed E-state index contributed by atoms with van der Waals surface area (Å²) in [6.45, 7) is 7.54. The molecule has 0 amide bonds. The Balaban J connectivity index is 1.82. The molecule has 0 unspecified atom stereocenters. The Morgan fingerprint density at radius 3 is 2.67 bits per heavy atom. The number of aryl methyl sites for hydroxylation is 1. The minimum absolute atomic E-state index is 0.330. The summed E-state index contributed by atoms with van der Waals surface area (Å²) in [5, 5.41) is 7.28. The summed E-state index contributed by atoms with van der Waals surface area (Å²) in [5.74, 6) is 2.07. The summed E-state index contributed by atoms with van der Waals surface area (Å²) in [4.78, 5) is 4.27. The Kier molecular flexibility index (Phi) is 5.75. The molecule has 1 aromatic carbocycles. The smallest absolute Gasteiger partial charge is 0.226 e. The first-order valence-electron chi connectivity index (χ1n) is 7.44. The first kappa shape index (κ1) is 15.5. The van der Waals surface area contributed by atoms with Crippen molar-refractivity contribution in [2.75, 3.05) is 0 Å². The van der Waals surface area contributed by atoms with Crippen LogP contribution in [0, 0.1) is 0 Å². The van der Waals surface area contributed by atoms with Gasteiger partial charge in [-0.05, 0) is 24.1 Å². The summed E-state index contributed by atoms with van der Waals surface area (Å²) >= 11 is 0. The van der Waals surface area contributed by atoms with Gasteiger partial charge in [0.1, 0.15) is 5.75 Å². The maximum atomic E-state index is 5.66. The largest absolute Gasteiger partial charge is 0.485 e. The number of ether oxygens (including phenoxy) is 1. The minimum Gasteiger partial charge on any atom is -0.485 e. The number of nitrogens with one attached hydrogen (secondary N) is 1. The second-order valence-electron chi connectivity index (χ2n) is 5.32. The number of rotatable bonds is 8. The Hall–Kier alpha value is -1.88. The molecule has 2 aromatic rings. The van der Waals surface area contributed by atoms with Gasteiger partial charge in [-0.15, -0.1) is 0 Å². The van der Waals surface area contributed by atoms with Gasteiger partial charge in [-0.2, -0.15) is 4.98 Å². The van der Waals surface area contributed by atoms with Crippen molar-refractivity contribution in [3.63, 3.8) is 0 Å². The highest BCUT2D eigenvalue weighted by Crippen LogP contribution is 2.14. The third-order valence-corrected chi connectivity index (χ3v) is 2.98. The van der Waals surface area contributed by atoms with Gasteiger partial charge in [0.25, 0.3) is 0 Å². The van der Waals surface area contributed by atoms with Gasteiger partial charge in [0.05, 0.1) is 0 Å². The van der Waals surface area contributed by atoms with Crippen LogP contribution in [-0.4, -0.2) is 16.2 Å². The van der Waals surface area contributed by atoms with Gasteiger partial charge in [0.2, 0.25) is 11.7 Å². The molecular formula is C16H23N3O2. The minimum atomic E-state index is 0.330. The van der Waals surface area contributed by atoms with E-state index in [0.29, 0.717) is 24.4 Å². The molecule has 5 heteroatoms. The Morgan fingerprint density at radius 2 is 2.00 bits per heavy atom. The van der Waals surface area contributed by atoms with Gasteiger partial charge in [-0.3, -0.25) is 0 Å². The molecule has 0 aliphatic rings. The zero-order chi connectivity index (χ0) is 15.1. The van der Waals surface area contributed by atoms with E-state index in [1.165, 1.54) is 5.56 Å². The predicted molar refractivity (Wildman–Crippen MR) is 81.0 cm³/mol. The van der Waals surface area contributed by atoms with E-state index in [1.54, 1.807) is 0 Å². The lowest BCUT2D eigenvalue weighted by Gasteiger charge is -2.09. The number of benzene rings is 1. The summed E-state index contributed by atoms with van der Waals surface area (Å²) in [7, 11) is 0. The Bertz CT molecular complexity index is 535. The van der Waals surface area contributed by atoms with Crippen molar-refractivity contribution in [2.24, 2.45) is 0 Å². The molecule has 0 radical (unpaired) electrons. The molecule has 0 fully saturated rings. The van der Waals surface area contributed by atoms with Crippen molar-refractivity contribution in [3.8, 4) is 5.75 Å². The van der Waals surface area contributed by atoms with E-state index in [2.05, 4.69) is 48.4 Å². The van der Waals surface area contributed by atoms with Crippen LogP contribution in [-0.2, 0) is 19.6 Å². The number of hydrogen-bond donors (Lipinski definition) is 1. The standard InChI is InChI=1S/C16H23N3O2/c1-4-5-16-18-15(19-21-16)11-20-14-8-6-13(7-9-14)10-17-12(2)3/h6-9,12,17H,4-5,10-11H2,1-3H3. The lowest BCUT2D eigenvalue weighted by atomic mass is 10.2. The van der Waals surface area contributed by atoms with E-state index >= 15 is 0 Å². The van der Waals surface area contributed by atoms with Crippen molar-refractivity contribution in [2.45, 2.75) is 52.8 Å². The molecule has 0 aliphatic carbocycles. The molecule has 114 valence electrons. The second-order valence-corrected chi connectivity index (χ2v) is 5.32. The molecule has 1 aromatic heterocycles. The molecule has 2 rings (SSSR count). The molecule has 0 atom stereocenters. The van der Waals surface area contributed by atoms with E-state index < -0.39 is 0 Å². The first-order valence-corrected chi connectivity index (χ1v) is 7.44. The third kappa shape index (κ3) is 5.19. The van der Waals surface area contributed by atoms with Crippen LogP contribution in [0.4, 0.5) is 0 Å². The lowest BCUT2D eigenvalue weighted by Crippen LogP contribution is -2.21. The lowest BCUT2D eigenvalue weighted by molar-refractivity contribution is 0.285. The fourth-order valence-corrected chi connectivity index (χ4v) is 1.84. The highest BCUT2D eigenvalue weighted by molar-refractivity contribution is 5.27. The highest BCUT2D eigenvalue weighted by atomic mass is 16.5. The van der Waals surface area contributed by atoms with Crippen LogP contribution in [0.25, 0.3) is 0 Å². The first-order chi connectivity index (χ1) is 10.2. The molecule has 1 N–H and O–H groups in total. The zero-order valence-electron chi connectivity index (χ0n) is 12.9. The van der Waals surface area contributed by atoms with Crippen LogP contribution < -0.4 is 10.1 Å². The van der Waals surface area contributed by atoms with Gasteiger partial charge in [0.15, 0.2) is 6.61 Å². The average Bonchev–Trinajstić information content (AvgIpc) is 2.92. The monoisotopic (exact) mass is 289 g/mol. The van der Waals surface area contributed by atoms with Crippen molar-refractivity contribution < 1.29 is 9.26 Å². The molecule has 0 saturated heterocycles. The van der Waals surface area contributed by atoms with Gasteiger partial charge in [-0.25, -0.2) is 0 Å². The van der Waals surface area contributed by atoms with Crippen molar-refractivity contribution >= 4 is 0 Å². The fourth-order valence-electron chi connectivity index (χ4n) is 1.84. The Morgan fingerprint density at radius 1 is 1.24 bits per heavy atom. The molecule has 0 aliphatic heterocycles. The molecule has 0 spiro atoms. The van der Waals surface area contributed by atoms with E-state index in [4.69, 9.17) is 9.26 Å². The summed E-state index contributed by atoms with van der Waals surface area (Å²) in [6.07, 6.45) is 1.80. The van der Waals surface area contributed by atoms with Gasteiger partial charge >= 0.3 is 0 Å². The van der Waals surface area contributed by atoms with Crippen LogP contribution in [0.2, 0.25) is 0 Å². The van der Waals surface area contributed by atoms with Crippen LogP contribution in [0.3, 0.4) is 0 Å². The SMILES string of the molecule is CCCc1nc(COc2ccc(CNC(C)C)cc2)no1. The predicted octanol–water partition coefficient (Wildman–Crippen LogP) is 3.10. The second kappa shape index (κ2) is 7.78. The quantitative estimate of drug-likeness (QED) is 0.809. The van der Waals surface area contributed by atoms with Gasteiger partial charge < -0.3 is 14.6 Å². The van der Waals surface area contributed by atoms with Gasteiger partial charge in [-0.1, -0.05) is 38.1 Å². The van der Waals surface area contributed by atoms with E-state index in [-0.39, 0.29) is 0 Å². The van der Waals surface area contributed by atoms with Crippen molar-refractivity contribution in [1.82, 2.24) is 15.5 Å². The molecule has 0 saturated carbocycles. The molecule has 21 heavy (non-hydrogen) atoms. The maximum absolute atomic E-state index is 5.66. The van der Waals surface area contributed by atoms with Crippen molar-refractivity contribution in [3.05, 3.63) is 41.5 Å². The molecule has 1 heterocycles. The van der Waals surface area contributed by atoms with Crippen LogP contribution in [0.5, 0.6) is 5.75 Å². The van der Waals surface area contributed by atoms with E-state index in [1.807, 2.05) is 12.1 Å². The third-order valence-electron chi connectivity index (χ3n) is 2.98. The molecule has 0 bridgehead atoms. The van der Waals surface area contributed by atoms with E-state index in [0.717, 1.165) is 25.1 Å². The zero-order valence-corrected chi connectivity index (χ0v) is 12.9. The Labute approximate surface area is 125 Å². The summed E-state index contributed by atoms with van der Waals surface area (Å²) in [6, 6.07) is 8.53. The van der Waals surface area contributed by atoms with E-state index in [9.17, 15) is 0 Å². The number of nitrogens with zero attached hydrogens (tertiary/aromatic N) is 2. The fraction of sp³-hybridized carbons (Fsp3) is 0.500. The van der Waals surface area contributed by atoms with Gasteiger partial charge in [0, 0.05) is 19.0 Å². The van der Waals surface area contributed by atoms with Crippen LogP contribution in [0.1, 0.15) is 44.5 Å². The number of aromatic nitrogens is 2. The highest BCUT2D eigenvalue weighted by Gasteiger charge is 2.06. The molecule has 5 nitrogen and oxygen atoms in total. The van der Waals surface area contributed by atoms with Crippen molar-refractivity contribution in [1.29, 1.82) is 0 Å². The molecular weight excluding hydrogens is 266 g/mol. The number of hydrogen-bond acceptors (Lipinski definition) is 5. The summed E-state index contributed by atoms with van der Waals surface area (Å²) < 4.78 is 10.8.